The fraction of sp³-hybridized carbons (Fsp3) is 0.227. The van der Waals surface area contributed by atoms with Gasteiger partial charge in [-0.25, -0.2) is 8.42 Å². The Morgan fingerprint density at radius 3 is 2.39 bits per heavy atom. The normalized spacial score (nSPS) is 14.4. The molecule has 1 unspecified atom stereocenters. The van der Waals surface area contributed by atoms with E-state index in [9.17, 15) is 18.0 Å². The quantitative estimate of drug-likeness (QED) is 0.450. The summed E-state index contributed by atoms with van der Waals surface area (Å²) >= 11 is 7.01. The monoisotopic (exact) mass is 506 g/mol. The SMILES string of the molecule is CC(=O)Oc1csc(NC(=O)C(Oc2ccc(Cl)cc2)c2ccc(S(=O)(=O)C3CC3)cc2)n1. The lowest BCUT2D eigenvalue weighted by atomic mass is 10.1. The van der Waals surface area contributed by atoms with Gasteiger partial charge in [0, 0.05) is 17.5 Å². The molecule has 1 aliphatic carbocycles. The molecular formula is C22H19ClN2O6S2. The number of aromatic nitrogens is 1. The third kappa shape index (κ3) is 5.70. The minimum atomic E-state index is -3.35. The fourth-order valence-corrected chi connectivity index (χ4v) is 5.41. The van der Waals surface area contributed by atoms with E-state index in [4.69, 9.17) is 21.1 Å². The van der Waals surface area contributed by atoms with Crippen LogP contribution in [-0.4, -0.2) is 30.5 Å². The lowest BCUT2D eigenvalue weighted by molar-refractivity contribution is -0.132. The maximum absolute atomic E-state index is 13.1. The standard InChI is InChI=1S/C22H19ClN2O6S2/c1-13(26)30-19-12-32-22(24-19)25-21(27)20(31-16-6-4-15(23)5-7-16)14-2-8-17(9-3-14)33(28,29)18-10-11-18/h2-9,12,18,20H,10-11H2,1H3,(H,24,25,27). The maximum Gasteiger partial charge on any atom is 0.309 e. The topological polar surface area (TPSA) is 112 Å². The molecule has 33 heavy (non-hydrogen) atoms. The van der Waals surface area contributed by atoms with Gasteiger partial charge in [0.15, 0.2) is 15.0 Å². The molecular weight excluding hydrogens is 488 g/mol. The van der Waals surface area contributed by atoms with E-state index in [-0.39, 0.29) is 21.2 Å². The number of benzene rings is 2. The van der Waals surface area contributed by atoms with Crippen molar-refractivity contribution in [3.63, 3.8) is 0 Å². The van der Waals surface area contributed by atoms with Gasteiger partial charge in [-0.2, -0.15) is 4.98 Å². The molecule has 1 fully saturated rings. The molecule has 11 heteroatoms. The van der Waals surface area contributed by atoms with Crippen molar-refractivity contribution in [2.75, 3.05) is 5.32 Å². The summed E-state index contributed by atoms with van der Waals surface area (Å²) in [4.78, 5) is 28.4. The van der Waals surface area contributed by atoms with Gasteiger partial charge in [0.2, 0.25) is 12.0 Å². The molecule has 172 valence electrons. The molecule has 0 spiro atoms. The van der Waals surface area contributed by atoms with Gasteiger partial charge < -0.3 is 9.47 Å². The van der Waals surface area contributed by atoms with Crippen molar-refractivity contribution in [3.8, 4) is 11.6 Å². The van der Waals surface area contributed by atoms with Crippen molar-refractivity contribution in [3.05, 3.63) is 64.5 Å². The predicted octanol–water partition coefficient (Wildman–Crippen LogP) is 4.42. The van der Waals surface area contributed by atoms with Crippen LogP contribution >= 0.6 is 22.9 Å². The highest BCUT2D eigenvalue weighted by molar-refractivity contribution is 7.92. The van der Waals surface area contributed by atoms with E-state index >= 15 is 0 Å². The number of anilines is 1. The van der Waals surface area contributed by atoms with Crippen LogP contribution in [0.25, 0.3) is 0 Å². The number of thiazole rings is 1. The first-order valence-electron chi connectivity index (χ1n) is 9.93. The summed E-state index contributed by atoms with van der Waals surface area (Å²) in [6.07, 6.45) is 0.223. The maximum atomic E-state index is 13.1. The van der Waals surface area contributed by atoms with Crippen LogP contribution in [0.4, 0.5) is 5.13 Å². The van der Waals surface area contributed by atoms with Gasteiger partial charge in [0.25, 0.3) is 5.91 Å². The zero-order valence-corrected chi connectivity index (χ0v) is 19.7. The highest BCUT2D eigenvalue weighted by Gasteiger charge is 2.37. The number of carbonyl (C=O) groups excluding carboxylic acids is 2. The molecule has 2 aromatic carbocycles. The van der Waals surface area contributed by atoms with Crippen molar-refractivity contribution < 1.29 is 27.5 Å². The molecule has 1 atom stereocenters. The molecule has 1 N–H and O–H groups in total. The van der Waals surface area contributed by atoms with Crippen LogP contribution in [0, 0.1) is 0 Å². The van der Waals surface area contributed by atoms with Crippen LogP contribution in [0.2, 0.25) is 5.02 Å². The Bertz CT molecular complexity index is 1270. The summed E-state index contributed by atoms with van der Waals surface area (Å²) in [5.74, 6) is -0.587. The van der Waals surface area contributed by atoms with Crippen LogP contribution in [0.5, 0.6) is 11.6 Å². The van der Waals surface area contributed by atoms with Gasteiger partial charge in [0.05, 0.1) is 15.5 Å². The molecule has 8 nitrogen and oxygen atoms in total. The number of hydrogen-bond donors (Lipinski definition) is 1. The molecule has 0 bridgehead atoms. The van der Waals surface area contributed by atoms with E-state index in [1.807, 2.05) is 0 Å². The summed E-state index contributed by atoms with van der Waals surface area (Å²) < 4.78 is 35.8. The largest absolute Gasteiger partial charge is 0.476 e. The van der Waals surface area contributed by atoms with E-state index < -0.39 is 27.8 Å². The highest BCUT2D eigenvalue weighted by Crippen LogP contribution is 2.34. The van der Waals surface area contributed by atoms with Crippen LogP contribution in [-0.2, 0) is 19.4 Å². The highest BCUT2D eigenvalue weighted by atomic mass is 35.5. The van der Waals surface area contributed by atoms with Gasteiger partial charge in [-0.3, -0.25) is 14.9 Å². The van der Waals surface area contributed by atoms with Crippen molar-refractivity contribution in [1.82, 2.24) is 4.98 Å². The Morgan fingerprint density at radius 1 is 1.12 bits per heavy atom. The minimum absolute atomic E-state index is 0.0765. The Hall–Kier alpha value is -2.95. The molecule has 1 amide bonds. The van der Waals surface area contributed by atoms with E-state index in [0.29, 0.717) is 29.2 Å². The molecule has 1 heterocycles. The van der Waals surface area contributed by atoms with Gasteiger partial charge in [0.1, 0.15) is 5.75 Å². The second kappa shape index (κ2) is 9.50. The molecule has 1 aliphatic rings. The van der Waals surface area contributed by atoms with Crippen molar-refractivity contribution >= 4 is 49.8 Å². The first-order chi connectivity index (χ1) is 15.7. The van der Waals surface area contributed by atoms with Crippen LogP contribution in [0.1, 0.15) is 31.4 Å². The van der Waals surface area contributed by atoms with Gasteiger partial charge in [-0.1, -0.05) is 23.7 Å². The number of rotatable bonds is 8. The molecule has 4 rings (SSSR count). The zero-order chi connectivity index (χ0) is 23.6. The fourth-order valence-electron chi connectivity index (χ4n) is 3.01. The Morgan fingerprint density at radius 2 is 1.79 bits per heavy atom. The number of esters is 1. The van der Waals surface area contributed by atoms with E-state index in [1.54, 1.807) is 36.4 Å². The Labute approximate surface area is 199 Å². The molecule has 0 radical (unpaired) electrons. The molecule has 3 aromatic rings. The summed E-state index contributed by atoms with van der Waals surface area (Å²) in [5.41, 5.74) is 0.453. The second-order valence-corrected chi connectivity index (χ2v) is 10.9. The summed E-state index contributed by atoms with van der Waals surface area (Å²) in [7, 11) is -3.35. The average Bonchev–Trinajstić information content (AvgIpc) is 3.56. The van der Waals surface area contributed by atoms with Crippen LogP contribution in [0.3, 0.4) is 0 Å². The lowest BCUT2D eigenvalue weighted by Gasteiger charge is -2.19. The van der Waals surface area contributed by atoms with E-state index in [2.05, 4.69) is 10.3 Å². The van der Waals surface area contributed by atoms with Crippen molar-refractivity contribution in [2.24, 2.45) is 0 Å². The summed E-state index contributed by atoms with van der Waals surface area (Å²) in [6, 6.07) is 12.6. The lowest BCUT2D eigenvalue weighted by Crippen LogP contribution is -2.25. The minimum Gasteiger partial charge on any atom is -0.476 e. The van der Waals surface area contributed by atoms with Crippen molar-refractivity contribution in [2.45, 2.75) is 36.0 Å². The molecule has 0 aliphatic heterocycles. The number of halogens is 1. The third-order valence-electron chi connectivity index (χ3n) is 4.74. The van der Waals surface area contributed by atoms with Crippen molar-refractivity contribution in [1.29, 1.82) is 0 Å². The number of nitrogens with one attached hydrogen (secondary N) is 1. The Balaban J connectivity index is 1.58. The van der Waals surface area contributed by atoms with E-state index in [1.165, 1.54) is 24.4 Å². The first kappa shape index (κ1) is 23.2. The number of hydrogen-bond acceptors (Lipinski definition) is 8. The number of sulfone groups is 1. The molecule has 0 saturated heterocycles. The number of nitrogens with zero attached hydrogens (tertiary/aromatic N) is 1. The first-order valence-corrected chi connectivity index (χ1v) is 12.7. The number of carbonyl (C=O) groups is 2. The third-order valence-corrected chi connectivity index (χ3v) is 8.01. The van der Waals surface area contributed by atoms with Gasteiger partial charge in [-0.05, 0) is 49.2 Å². The predicted molar refractivity (Wildman–Crippen MR) is 124 cm³/mol. The van der Waals surface area contributed by atoms with Crippen LogP contribution < -0.4 is 14.8 Å². The second-order valence-electron chi connectivity index (χ2n) is 7.34. The van der Waals surface area contributed by atoms with Gasteiger partial charge >= 0.3 is 5.97 Å². The van der Waals surface area contributed by atoms with Gasteiger partial charge in [-0.15, -0.1) is 11.3 Å². The Kier molecular flexibility index (Phi) is 6.68. The smallest absolute Gasteiger partial charge is 0.309 e. The zero-order valence-electron chi connectivity index (χ0n) is 17.4. The average molecular weight is 507 g/mol. The summed E-state index contributed by atoms with van der Waals surface area (Å²) in [6.45, 7) is 1.25. The number of amides is 1. The molecule has 1 saturated carbocycles. The number of ether oxygens (including phenoxy) is 2. The van der Waals surface area contributed by atoms with Crippen LogP contribution in [0.15, 0.2) is 58.8 Å². The summed E-state index contributed by atoms with van der Waals surface area (Å²) in [5, 5.41) is 4.54. The van der Waals surface area contributed by atoms with E-state index in [0.717, 1.165) is 11.3 Å². The molecule has 1 aromatic heterocycles.